The summed E-state index contributed by atoms with van der Waals surface area (Å²) in [6.45, 7) is 0.808. The van der Waals surface area contributed by atoms with Crippen molar-refractivity contribution in [1.82, 2.24) is 9.21 Å². The molecule has 1 aliphatic heterocycles. The molecule has 1 fully saturated rings. The highest BCUT2D eigenvalue weighted by molar-refractivity contribution is 7.89. The summed E-state index contributed by atoms with van der Waals surface area (Å²) in [5.74, 6) is 0.0222. The molecule has 0 atom stereocenters. The lowest BCUT2D eigenvalue weighted by atomic mass is 9.97. The van der Waals surface area contributed by atoms with Gasteiger partial charge in [0.2, 0.25) is 15.9 Å². The molecule has 0 N–H and O–H groups in total. The Labute approximate surface area is 120 Å². The standard InChI is InChI=1S/C14H20N2O3S/c1-15(2)14(17)12-8-10-16(11-9-12)20(18,19)13-6-4-3-5-7-13/h3-7,12H,8-11H2,1-2H3. The Morgan fingerprint density at radius 1 is 1.15 bits per heavy atom. The number of rotatable bonds is 3. The van der Waals surface area contributed by atoms with Gasteiger partial charge in [0.05, 0.1) is 4.90 Å². The number of hydrogen-bond acceptors (Lipinski definition) is 3. The highest BCUT2D eigenvalue weighted by atomic mass is 32.2. The Hall–Kier alpha value is -1.40. The van der Waals surface area contributed by atoms with Crippen LogP contribution in [0.5, 0.6) is 0 Å². The van der Waals surface area contributed by atoms with E-state index in [-0.39, 0.29) is 11.8 Å². The zero-order valence-corrected chi connectivity index (χ0v) is 12.6. The third-order valence-corrected chi connectivity index (χ3v) is 5.54. The van der Waals surface area contributed by atoms with E-state index in [0.29, 0.717) is 30.8 Å². The van der Waals surface area contributed by atoms with Crippen LogP contribution in [0.3, 0.4) is 0 Å². The van der Waals surface area contributed by atoms with Crippen molar-refractivity contribution in [3.05, 3.63) is 30.3 Å². The van der Waals surface area contributed by atoms with Crippen LogP contribution >= 0.6 is 0 Å². The topological polar surface area (TPSA) is 57.7 Å². The van der Waals surface area contributed by atoms with E-state index < -0.39 is 10.0 Å². The summed E-state index contributed by atoms with van der Waals surface area (Å²) in [6.07, 6.45) is 1.17. The minimum absolute atomic E-state index is 0.0628. The number of carbonyl (C=O) groups is 1. The van der Waals surface area contributed by atoms with Crippen LogP contribution in [-0.4, -0.2) is 50.7 Å². The first kappa shape index (κ1) is 15.0. The van der Waals surface area contributed by atoms with E-state index in [4.69, 9.17) is 0 Å². The molecule has 2 rings (SSSR count). The fourth-order valence-corrected chi connectivity index (χ4v) is 3.94. The summed E-state index contributed by atoms with van der Waals surface area (Å²) < 4.78 is 26.3. The van der Waals surface area contributed by atoms with Crippen LogP contribution in [0.2, 0.25) is 0 Å². The normalized spacial score (nSPS) is 17.9. The van der Waals surface area contributed by atoms with Gasteiger partial charge in [-0.15, -0.1) is 0 Å². The van der Waals surface area contributed by atoms with Gasteiger partial charge in [0.15, 0.2) is 0 Å². The third-order valence-electron chi connectivity index (χ3n) is 3.62. The van der Waals surface area contributed by atoms with Gasteiger partial charge in [0.1, 0.15) is 0 Å². The van der Waals surface area contributed by atoms with Crippen LogP contribution < -0.4 is 0 Å². The number of hydrogen-bond donors (Lipinski definition) is 0. The molecule has 1 amide bonds. The van der Waals surface area contributed by atoms with Gasteiger partial charge in [-0.05, 0) is 25.0 Å². The van der Waals surface area contributed by atoms with Crippen molar-refractivity contribution in [3.63, 3.8) is 0 Å². The van der Waals surface area contributed by atoms with E-state index in [1.54, 1.807) is 49.3 Å². The number of carbonyl (C=O) groups excluding carboxylic acids is 1. The largest absolute Gasteiger partial charge is 0.349 e. The molecule has 1 aromatic carbocycles. The molecule has 0 aromatic heterocycles. The van der Waals surface area contributed by atoms with Gasteiger partial charge in [-0.25, -0.2) is 8.42 Å². The molecule has 0 radical (unpaired) electrons. The molecule has 0 spiro atoms. The Balaban J connectivity index is 2.06. The quantitative estimate of drug-likeness (QED) is 0.841. The predicted octanol–water partition coefficient (Wildman–Crippen LogP) is 1.18. The number of benzene rings is 1. The fraction of sp³-hybridized carbons (Fsp3) is 0.500. The zero-order chi connectivity index (χ0) is 14.8. The number of amides is 1. The number of piperidine rings is 1. The minimum Gasteiger partial charge on any atom is -0.349 e. The summed E-state index contributed by atoms with van der Waals surface area (Å²) in [5.41, 5.74) is 0. The van der Waals surface area contributed by atoms with Crippen LogP contribution in [0.15, 0.2) is 35.2 Å². The highest BCUT2D eigenvalue weighted by Gasteiger charge is 2.32. The van der Waals surface area contributed by atoms with Crippen LogP contribution in [0.1, 0.15) is 12.8 Å². The summed E-state index contributed by atoms with van der Waals surface area (Å²) in [7, 11) is 0.0402. The Bertz CT molecular complexity index is 561. The van der Waals surface area contributed by atoms with E-state index in [9.17, 15) is 13.2 Å². The molecule has 6 heteroatoms. The molecule has 1 heterocycles. The van der Waals surface area contributed by atoms with Crippen molar-refractivity contribution in [2.24, 2.45) is 5.92 Å². The van der Waals surface area contributed by atoms with Gasteiger partial charge >= 0.3 is 0 Å². The highest BCUT2D eigenvalue weighted by Crippen LogP contribution is 2.24. The Kier molecular flexibility index (Phi) is 4.45. The molecule has 20 heavy (non-hydrogen) atoms. The molecule has 0 bridgehead atoms. The molecular formula is C14H20N2O3S. The van der Waals surface area contributed by atoms with Crippen molar-refractivity contribution >= 4 is 15.9 Å². The van der Waals surface area contributed by atoms with E-state index in [0.717, 1.165) is 0 Å². The van der Waals surface area contributed by atoms with Crippen LogP contribution in [0, 0.1) is 5.92 Å². The van der Waals surface area contributed by atoms with Gasteiger partial charge in [-0.2, -0.15) is 4.31 Å². The fourth-order valence-electron chi connectivity index (χ4n) is 2.45. The summed E-state index contributed by atoms with van der Waals surface area (Å²) in [6, 6.07) is 8.43. The van der Waals surface area contributed by atoms with Crippen LogP contribution in [0.25, 0.3) is 0 Å². The average Bonchev–Trinajstić information content (AvgIpc) is 2.47. The van der Waals surface area contributed by atoms with E-state index >= 15 is 0 Å². The zero-order valence-electron chi connectivity index (χ0n) is 11.8. The Morgan fingerprint density at radius 2 is 1.70 bits per heavy atom. The smallest absolute Gasteiger partial charge is 0.243 e. The minimum atomic E-state index is -3.42. The van der Waals surface area contributed by atoms with Crippen molar-refractivity contribution < 1.29 is 13.2 Å². The first-order chi connectivity index (χ1) is 9.43. The molecule has 1 saturated heterocycles. The second-order valence-electron chi connectivity index (χ2n) is 5.22. The molecule has 0 saturated carbocycles. The first-order valence-electron chi connectivity index (χ1n) is 6.69. The predicted molar refractivity (Wildman–Crippen MR) is 76.6 cm³/mol. The maximum atomic E-state index is 12.4. The average molecular weight is 296 g/mol. The lowest BCUT2D eigenvalue weighted by Crippen LogP contribution is -2.42. The van der Waals surface area contributed by atoms with Gasteiger partial charge in [-0.3, -0.25) is 4.79 Å². The number of nitrogens with zero attached hydrogens (tertiary/aromatic N) is 2. The molecular weight excluding hydrogens is 276 g/mol. The summed E-state index contributed by atoms with van der Waals surface area (Å²) >= 11 is 0. The molecule has 1 aliphatic rings. The summed E-state index contributed by atoms with van der Waals surface area (Å²) in [5, 5.41) is 0. The monoisotopic (exact) mass is 296 g/mol. The second kappa shape index (κ2) is 5.93. The van der Waals surface area contributed by atoms with Crippen molar-refractivity contribution in [3.8, 4) is 0 Å². The molecule has 1 aromatic rings. The maximum Gasteiger partial charge on any atom is 0.243 e. The van der Waals surface area contributed by atoms with Gasteiger partial charge < -0.3 is 4.90 Å². The van der Waals surface area contributed by atoms with Crippen molar-refractivity contribution in [1.29, 1.82) is 0 Å². The summed E-state index contributed by atoms with van der Waals surface area (Å²) in [4.78, 5) is 13.8. The van der Waals surface area contributed by atoms with Gasteiger partial charge in [0.25, 0.3) is 0 Å². The van der Waals surface area contributed by atoms with E-state index in [2.05, 4.69) is 0 Å². The van der Waals surface area contributed by atoms with Gasteiger partial charge in [-0.1, -0.05) is 18.2 Å². The molecule has 110 valence electrons. The van der Waals surface area contributed by atoms with Crippen LogP contribution in [-0.2, 0) is 14.8 Å². The maximum absolute atomic E-state index is 12.4. The molecule has 0 aliphatic carbocycles. The molecule has 5 nitrogen and oxygen atoms in total. The van der Waals surface area contributed by atoms with Crippen molar-refractivity contribution in [2.75, 3.05) is 27.2 Å². The van der Waals surface area contributed by atoms with Crippen LogP contribution in [0.4, 0.5) is 0 Å². The molecule has 0 unspecified atom stereocenters. The SMILES string of the molecule is CN(C)C(=O)C1CCN(S(=O)(=O)c2ccccc2)CC1. The first-order valence-corrected chi connectivity index (χ1v) is 8.13. The van der Waals surface area contributed by atoms with Gasteiger partial charge in [0, 0.05) is 33.1 Å². The lowest BCUT2D eigenvalue weighted by molar-refractivity contribution is -0.134. The lowest BCUT2D eigenvalue weighted by Gasteiger charge is -2.31. The number of sulfonamides is 1. The Morgan fingerprint density at radius 3 is 2.20 bits per heavy atom. The second-order valence-corrected chi connectivity index (χ2v) is 7.16. The van der Waals surface area contributed by atoms with Crippen molar-refractivity contribution in [2.45, 2.75) is 17.7 Å². The third kappa shape index (κ3) is 3.02. The van der Waals surface area contributed by atoms with E-state index in [1.807, 2.05) is 0 Å². The van der Waals surface area contributed by atoms with E-state index in [1.165, 1.54) is 4.31 Å².